The third-order valence-corrected chi connectivity index (χ3v) is 3.81. The summed E-state index contributed by atoms with van der Waals surface area (Å²) < 4.78 is 10.3. The number of carbonyl (C=O) groups excluding carboxylic acids is 1. The van der Waals surface area contributed by atoms with Crippen molar-refractivity contribution >= 4 is 5.97 Å². The van der Waals surface area contributed by atoms with Gasteiger partial charge in [-0.25, -0.2) is 0 Å². The van der Waals surface area contributed by atoms with E-state index in [-0.39, 0.29) is 5.97 Å². The van der Waals surface area contributed by atoms with Crippen LogP contribution in [0.3, 0.4) is 0 Å². The first-order valence-corrected chi connectivity index (χ1v) is 7.14. The molecule has 1 unspecified atom stereocenters. The highest BCUT2D eigenvalue weighted by Gasteiger charge is 2.36. The highest BCUT2D eigenvalue weighted by molar-refractivity contribution is 5.80. The molecule has 0 bridgehead atoms. The smallest absolute Gasteiger partial charge is 0.327 e. The van der Waals surface area contributed by atoms with Crippen molar-refractivity contribution in [3.8, 4) is 0 Å². The average molecular weight is 272 g/mol. The Morgan fingerprint density at radius 2 is 2.00 bits per heavy atom. The Labute approximate surface area is 116 Å². The number of ether oxygens (including phenoxy) is 2. The summed E-state index contributed by atoms with van der Waals surface area (Å²) >= 11 is 0. The molecular formula is C14H28N2O3. The molecule has 1 rings (SSSR count). The van der Waals surface area contributed by atoms with Gasteiger partial charge in [0.2, 0.25) is 0 Å². The molecule has 112 valence electrons. The van der Waals surface area contributed by atoms with Gasteiger partial charge in [-0.05, 0) is 32.7 Å². The summed E-state index contributed by atoms with van der Waals surface area (Å²) in [7, 11) is 3.22. The first-order valence-electron chi connectivity index (χ1n) is 7.14. The van der Waals surface area contributed by atoms with E-state index in [1.807, 2.05) is 6.92 Å². The van der Waals surface area contributed by atoms with Crippen LogP contribution in [0.5, 0.6) is 0 Å². The lowest BCUT2D eigenvalue weighted by atomic mass is 9.99. The zero-order chi connectivity index (χ0) is 14.3. The van der Waals surface area contributed by atoms with Crippen LogP contribution in [-0.4, -0.2) is 62.9 Å². The summed E-state index contributed by atoms with van der Waals surface area (Å²) in [4.78, 5) is 14.3. The fourth-order valence-corrected chi connectivity index (χ4v) is 2.57. The monoisotopic (exact) mass is 272 g/mol. The highest BCUT2D eigenvalue weighted by atomic mass is 16.5. The van der Waals surface area contributed by atoms with Crippen molar-refractivity contribution in [1.29, 1.82) is 0 Å². The van der Waals surface area contributed by atoms with Gasteiger partial charge in [0.25, 0.3) is 0 Å². The maximum atomic E-state index is 12.0. The van der Waals surface area contributed by atoms with Crippen LogP contribution in [0.1, 0.15) is 33.1 Å². The number of nitrogens with zero attached hydrogens (tertiary/aromatic N) is 1. The molecule has 1 aliphatic heterocycles. The molecule has 0 aromatic rings. The minimum atomic E-state index is -0.620. The largest absolute Gasteiger partial charge is 0.468 e. The Morgan fingerprint density at radius 1 is 1.37 bits per heavy atom. The predicted molar refractivity (Wildman–Crippen MR) is 75.2 cm³/mol. The van der Waals surface area contributed by atoms with E-state index in [1.165, 1.54) is 7.11 Å². The molecule has 5 heteroatoms. The SMILES string of the molecule is CCCNC(C)(CN1CCC(OC)CC1)C(=O)OC. The molecule has 1 fully saturated rings. The summed E-state index contributed by atoms with van der Waals surface area (Å²) in [6.07, 6.45) is 3.42. The number of hydrogen-bond acceptors (Lipinski definition) is 5. The summed E-state index contributed by atoms with van der Waals surface area (Å²) in [6, 6.07) is 0. The molecule has 0 aromatic carbocycles. The average Bonchev–Trinajstić information content (AvgIpc) is 2.45. The van der Waals surface area contributed by atoms with Crippen molar-refractivity contribution in [2.75, 3.05) is 40.4 Å². The van der Waals surface area contributed by atoms with E-state index in [2.05, 4.69) is 17.1 Å². The van der Waals surface area contributed by atoms with Crippen LogP contribution in [0.25, 0.3) is 0 Å². The number of likely N-dealkylation sites (tertiary alicyclic amines) is 1. The molecule has 0 spiro atoms. The number of rotatable bonds is 7. The third-order valence-electron chi connectivity index (χ3n) is 3.81. The molecule has 5 nitrogen and oxygen atoms in total. The van der Waals surface area contributed by atoms with E-state index in [1.54, 1.807) is 7.11 Å². The minimum absolute atomic E-state index is 0.185. The van der Waals surface area contributed by atoms with Gasteiger partial charge in [0, 0.05) is 26.7 Å². The lowest BCUT2D eigenvalue weighted by molar-refractivity contribution is -0.149. The van der Waals surface area contributed by atoms with Crippen LogP contribution < -0.4 is 5.32 Å². The first-order chi connectivity index (χ1) is 9.05. The molecule has 1 aliphatic rings. The molecule has 1 N–H and O–H groups in total. The van der Waals surface area contributed by atoms with Gasteiger partial charge in [0.05, 0.1) is 13.2 Å². The molecule has 0 aromatic heterocycles. The number of carbonyl (C=O) groups is 1. The Morgan fingerprint density at radius 3 is 2.47 bits per heavy atom. The van der Waals surface area contributed by atoms with Gasteiger partial charge in [0.1, 0.15) is 5.54 Å². The minimum Gasteiger partial charge on any atom is -0.468 e. The number of piperidine rings is 1. The number of esters is 1. The van der Waals surface area contributed by atoms with E-state index in [0.29, 0.717) is 12.6 Å². The van der Waals surface area contributed by atoms with Gasteiger partial charge in [0.15, 0.2) is 0 Å². The number of hydrogen-bond donors (Lipinski definition) is 1. The zero-order valence-electron chi connectivity index (χ0n) is 12.7. The van der Waals surface area contributed by atoms with Gasteiger partial charge in [-0.15, -0.1) is 0 Å². The van der Waals surface area contributed by atoms with Crippen LogP contribution in [0.4, 0.5) is 0 Å². The van der Waals surface area contributed by atoms with E-state index >= 15 is 0 Å². The van der Waals surface area contributed by atoms with Gasteiger partial charge >= 0.3 is 5.97 Å². The third kappa shape index (κ3) is 4.75. The van der Waals surface area contributed by atoms with Crippen molar-refractivity contribution < 1.29 is 14.3 Å². The van der Waals surface area contributed by atoms with E-state index < -0.39 is 5.54 Å². The Bertz CT molecular complexity index is 278. The second-order valence-corrected chi connectivity index (χ2v) is 5.46. The van der Waals surface area contributed by atoms with Crippen molar-refractivity contribution in [2.24, 2.45) is 0 Å². The molecule has 1 atom stereocenters. The molecule has 0 radical (unpaired) electrons. The molecule has 0 saturated carbocycles. The molecule has 1 saturated heterocycles. The Hall–Kier alpha value is -0.650. The Balaban J connectivity index is 2.55. The molecule has 0 aliphatic carbocycles. The highest BCUT2D eigenvalue weighted by Crippen LogP contribution is 2.17. The van der Waals surface area contributed by atoms with Gasteiger partial charge < -0.3 is 19.7 Å². The van der Waals surface area contributed by atoms with Crippen molar-refractivity contribution in [3.05, 3.63) is 0 Å². The first kappa shape index (κ1) is 16.4. The molecule has 1 heterocycles. The standard InChI is InChI=1S/C14H28N2O3/c1-5-8-15-14(2,13(17)19-4)11-16-9-6-12(18-3)7-10-16/h12,15H,5-11H2,1-4H3. The lowest BCUT2D eigenvalue weighted by Crippen LogP contribution is -2.58. The number of nitrogens with one attached hydrogen (secondary N) is 1. The van der Waals surface area contributed by atoms with Crippen molar-refractivity contribution in [2.45, 2.75) is 44.8 Å². The van der Waals surface area contributed by atoms with E-state index in [0.717, 1.165) is 38.9 Å². The van der Waals surface area contributed by atoms with Gasteiger partial charge in [-0.1, -0.05) is 6.92 Å². The maximum Gasteiger partial charge on any atom is 0.327 e. The summed E-state index contributed by atoms with van der Waals surface area (Å²) in [5.41, 5.74) is -0.620. The van der Waals surface area contributed by atoms with Crippen LogP contribution in [0, 0.1) is 0 Å². The summed E-state index contributed by atoms with van der Waals surface area (Å²) in [5, 5.41) is 3.32. The van der Waals surface area contributed by atoms with Crippen molar-refractivity contribution in [3.63, 3.8) is 0 Å². The fourth-order valence-electron chi connectivity index (χ4n) is 2.57. The van der Waals surface area contributed by atoms with E-state index in [4.69, 9.17) is 9.47 Å². The lowest BCUT2D eigenvalue weighted by Gasteiger charge is -2.37. The van der Waals surface area contributed by atoms with Crippen LogP contribution in [-0.2, 0) is 14.3 Å². The van der Waals surface area contributed by atoms with Crippen molar-refractivity contribution in [1.82, 2.24) is 10.2 Å². The van der Waals surface area contributed by atoms with Crippen LogP contribution >= 0.6 is 0 Å². The van der Waals surface area contributed by atoms with E-state index in [9.17, 15) is 4.79 Å². The van der Waals surface area contributed by atoms with Crippen LogP contribution in [0.15, 0.2) is 0 Å². The van der Waals surface area contributed by atoms with Crippen LogP contribution in [0.2, 0.25) is 0 Å². The topological polar surface area (TPSA) is 50.8 Å². The maximum absolute atomic E-state index is 12.0. The van der Waals surface area contributed by atoms with Gasteiger partial charge in [-0.2, -0.15) is 0 Å². The second kappa shape index (κ2) is 7.82. The molecular weight excluding hydrogens is 244 g/mol. The quantitative estimate of drug-likeness (QED) is 0.702. The Kier molecular flexibility index (Phi) is 6.75. The normalized spacial score (nSPS) is 21.1. The van der Waals surface area contributed by atoms with Gasteiger partial charge in [-0.3, -0.25) is 4.79 Å². The fraction of sp³-hybridized carbons (Fsp3) is 0.929. The summed E-state index contributed by atoms with van der Waals surface area (Å²) in [5.74, 6) is -0.185. The molecule has 0 amide bonds. The zero-order valence-corrected chi connectivity index (χ0v) is 12.7. The number of methoxy groups -OCH3 is 2. The summed E-state index contributed by atoms with van der Waals surface area (Å²) in [6.45, 7) is 7.47. The molecule has 19 heavy (non-hydrogen) atoms. The second-order valence-electron chi connectivity index (χ2n) is 5.46. The predicted octanol–water partition coefficient (Wildman–Crippen LogP) is 1.03.